The van der Waals surface area contributed by atoms with E-state index >= 15 is 0 Å². The first kappa shape index (κ1) is 19.9. The van der Waals surface area contributed by atoms with Gasteiger partial charge in [-0.2, -0.15) is 0 Å². The van der Waals surface area contributed by atoms with Gasteiger partial charge in [0.05, 0.1) is 11.5 Å². The molecule has 0 bridgehead atoms. The molecule has 0 saturated heterocycles. The molecule has 144 valence electrons. The van der Waals surface area contributed by atoms with Crippen LogP contribution in [0.5, 0.6) is 5.75 Å². The third kappa shape index (κ3) is 3.88. The highest BCUT2D eigenvalue weighted by atomic mass is 19.2. The van der Waals surface area contributed by atoms with E-state index < -0.39 is 51.3 Å². The van der Waals surface area contributed by atoms with Crippen molar-refractivity contribution in [3.63, 3.8) is 0 Å². The standard InChI is InChI=1S/C15H10F5N3O4/c1-2-27-8-4-3-6(5-7(8)23(25)26)15(24)22-21-14-12(19)10(17)9(16)11(18)13(14)20/h3-5,21H,2H2,1H3,(H,22,24). The number of hydrogen-bond donors (Lipinski definition) is 2. The molecular formula is C15H10F5N3O4. The fraction of sp³-hybridized carbons (Fsp3) is 0.133. The number of hydrogen-bond acceptors (Lipinski definition) is 5. The van der Waals surface area contributed by atoms with E-state index in [4.69, 9.17) is 4.74 Å². The maximum atomic E-state index is 13.5. The molecular weight excluding hydrogens is 381 g/mol. The van der Waals surface area contributed by atoms with Crippen molar-refractivity contribution in [1.29, 1.82) is 0 Å². The number of nitrogens with one attached hydrogen (secondary N) is 2. The maximum Gasteiger partial charge on any atom is 0.311 e. The Labute approximate surface area is 147 Å². The largest absolute Gasteiger partial charge is 0.487 e. The fourth-order valence-electron chi connectivity index (χ4n) is 1.98. The van der Waals surface area contributed by atoms with Gasteiger partial charge in [-0.3, -0.25) is 25.8 Å². The Hall–Kier alpha value is -3.44. The lowest BCUT2D eigenvalue weighted by atomic mass is 10.2. The quantitative estimate of drug-likeness (QED) is 0.259. The van der Waals surface area contributed by atoms with Crippen molar-refractivity contribution in [1.82, 2.24) is 5.43 Å². The summed E-state index contributed by atoms with van der Waals surface area (Å²) in [6, 6.07) is 3.04. The van der Waals surface area contributed by atoms with Gasteiger partial charge in [0, 0.05) is 11.6 Å². The van der Waals surface area contributed by atoms with Crippen LogP contribution in [0.25, 0.3) is 0 Å². The molecule has 2 aromatic carbocycles. The second-order valence-corrected chi connectivity index (χ2v) is 4.90. The Morgan fingerprint density at radius 1 is 1.07 bits per heavy atom. The van der Waals surface area contributed by atoms with Gasteiger partial charge in [-0.15, -0.1) is 0 Å². The van der Waals surface area contributed by atoms with Gasteiger partial charge in [-0.1, -0.05) is 0 Å². The minimum Gasteiger partial charge on any atom is -0.487 e. The number of nitro benzene ring substituents is 1. The molecule has 0 saturated carbocycles. The van der Waals surface area contributed by atoms with Crippen LogP contribution in [0.2, 0.25) is 0 Å². The van der Waals surface area contributed by atoms with Crippen LogP contribution in [0, 0.1) is 39.2 Å². The molecule has 0 heterocycles. The first-order valence-corrected chi connectivity index (χ1v) is 7.18. The molecule has 12 heteroatoms. The Balaban J connectivity index is 2.27. The van der Waals surface area contributed by atoms with Gasteiger partial charge in [0.15, 0.2) is 29.0 Å². The van der Waals surface area contributed by atoms with Crippen molar-refractivity contribution in [2.45, 2.75) is 6.92 Å². The molecule has 2 rings (SSSR count). The Bertz CT molecular complexity index is 894. The summed E-state index contributed by atoms with van der Waals surface area (Å²) in [6.45, 7) is 1.70. The van der Waals surface area contributed by atoms with Gasteiger partial charge in [0.2, 0.25) is 5.82 Å². The monoisotopic (exact) mass is 391 g/mol. The lowest BCUT2D eigenvalue weighted by molar-refractivity contribution is -0.385. The second-order valence-electron chi connectivity index (χ2n) is 4.90. The summed E-state index contributed by atoms with van der Waals surface area (Å²) in [4.78, 5) is 22.2. The van der Waals surface area contributed by atoms with Crippen molar-refractivity contribution in [2.75, 3.05) is 12.0 Å². The summed E-state index contributed by atoms with van der Waals surface area (Å²) in [5.74, 6) is -12.4. The molecule has 0 aliphatic rings. The van der Waals surface area contributed by atoms with Crippen molar-refractivity contribution < 1.29 is 36.4 Å². The van der Waals surface area contributed by atoms with Crippen LogP contribution >= 0.6 is 0 Å². The second kappa shape index (κ2) is 7.85. The number of nitro groups is 1. The number of anilines is 1. The lowest BCUT2D eigenvalue weighted by Crippen LogP contribution is -2.31. The molecule has 2 N–H and O–H groups in total. The molecule has 27 heavy (non-hydrogen) atoms. The first-order chi connectivity index (χ1) is 12.7. The summed E-state index contributed by atoms with van der Waals surface area (Å²) in [6.07, 6.45) is 0. The number of nitrogens with zero attached hydrogens (tertiary/aromatic N) is 1. The molecule has 7 nitrogen and oxygen atoms in total. The molecule has 0 aliphatic carbocycles. The molecule has 0 atom stereocenters. The van der Waals surface area contributed by atoms with Crippen LogP contribution in [-0.2, 0) is 0 Å². The highest BCUT2D eigenvalue weighted by Crippen LogP contribution is 2.29. The fourth-order valence-corrected chi connectivity index (χ4v) is 1.98. The number of halogens is 5. The molecule has 0 unspecified atom stereocenters. The van der Waals surface area contributed by atoms with Gasteiger partial charge in [-0.05, 0) is 19.1 Å². The number of ether oxygens (including phenoxy) is 1. The Morgan fingerprint density at radius 3 is 2.15 bits per heavy atom. The summed E-state index contributed by atoms with van der Waals surface area (Å²) in [5.41, 5.74) is 0.907. The van der Waals surface area contributed by atoms with Crippen LogP contribution < -0.4 is 15.6 Å². The summed E-state index contributed by atoms with van der Waals surface area (Å²) >= 11 is 0. The lowest BCUT2D eigenvalue weighted by Gasteiger charge is -2.12. The number of rotatable bonds is 6. The maximum absolute atomic E-state index is 13.5. The Morgan fingerprint density at radius 2 is 1.63 bits per heavy atom. The predicted molar refractivity (Wildman–Crippen MR) is 81.6 cm³/mol. The van der Waals surface area contributed by atoms with E-state index in [1.807, 2.05) is 0 Å². The Kier molecular flexibility index (Phi) is 5.78. The highest BCUT2D eigenvalue weighted by molar-refractivity contribution is 5.95. The van der Waals surface area contributed by atoms with Crippen LogP contribution in [0.3, 0.4) is 0 Å². The first-order valence-electron chi connectivity index (χ1n) is 7.18. The number of carbonyl (C=O) groups excluding carboxylic acids is 1. The molecule has 0 aromatic heterocycles. The van der Waals surface area contributed by atoms with Crippen LogP contribution in [0.4, 0.5) is 33.3 Å². The van der Waals surface area contributed by atoms with E-state index in [-0.39, 0.29) is 17.9 Å². The van der Waals surface area contributed by atoms with E-state index in [1.54, 1.807) is 17.8 Å². The van der Waals surface area contributed by atoms with E-state index in [2.05, 4.69) is 0 Å². The van der Waals surface area contributed by atoms with Gasteiger partial charge in [0.1, 0.15) is 5.69 Å². The predicted octanol–water partition coefficient (Wildman–Crippen LogP) is 3.45. The van der Waals surface area contributed by atoms with Crippen molar-refractivity contribution >= 4 is 17.3 Å². The van der Waals surface area contributed by atoms with Gasteiger partial charge < -0.3 is 4.74 Å². The van der Waals surface area contributed by atoms with Gasteiger partial charge in [0.25, 0.3) is 5.91 Å². The minimum atomic E-state index is -2.36. The van der Waals surface area contributed by atoms with Crippen molar-refractivity contribution in [3.05, 3.63) is 63.0 Å². The molecule has 0 radical (unpaired) electrons. The summed E-state index contributed by atoms with van der Waals surface area (Å²) in [7, 11) is 0. The molecule has 1 amide bonds. The van der Waals surface area contributed by atoms with Crippen molar-refractivity contribution in [3.8, 4) is 5.75 Å². The number of benzene rings is 2. The highest BCUT2D eigenvalue weighted by Gasteiger charge is 2.26. The van der Waals surface area contributed by atoms with Crippen LogP contribution in [0.15, 0.2) is 18.2 Å². The third-order valence-corrected chi connectivity index (χ3v) is 3.23. The summed E-state index contributed by atoms with van der Waals surface area (Å²) in [5, 5.41) is 11.0. The minimum absolute atomic E-state index is 0.119. The third-order valence-electron chi connectivity index (χ3n) is 3.23. The zero-order valence-corrected chi connectivity index (χ0v) is 13.4. The van der Waals surface area contributed by atoms with Gasteiger partial charge >= 0.3 is 5.69 Å². The van der Waals surface area contributed by atoms with Gasteiger partial charge in [-0.25, -0.2) is 22.0 Å². The smallest absolute Gasteiger partial charge is 0.311 e. The number of carbonyl (C=O) groups is 1. The average molecular weight is 391 g/mol. The molecule has 0 aliphatic heterocycles. The molecule has 2 aromatic rings. The van der Waals surface area contributed by atoms with E-state index in [1.165, 1.54) is 0 Å². The SMILES string of the molecule is CCOc1ccc(C(=O)NNc2c(F)c(F)c(F)c(F)c2F)cc1[N+](=O)[O-]. The van der Waals surface area contributed by atoms with Crippen molar-refractivity contribution in [2.24, 2.45) is 0 Å². The van der Waals surface area contributed by atoms with E-state index in [0.717, 1.165) is 18.2 Å². The van der Waals surface area contributed by atoms with Crippen LogP contribution in [0.1, 0.15) is 17.3 Å². The average Bonchev–Trinajstić information content (AvgIpc) is 2.65. The van der Waals surface area contributed by atoms with Crippen LogP contribution in [-0.4, -0.2) is 17.4 Å². The topological polar surface area (TPSA) is 93.5 Å². The number of hydrazine groups is 1. The zero-order valence-electron chi connectivity index (χ0n) is 13.4. The van der Waals surface area contributed by atoms with E-state index in [9.17, 15) is 36.9 Å². The zero-order chi connectivity index (χ0) is 20.3. The normalized spacial score (nSPS) is 10.4. The molecule has 0 spiro atoms. The summed E-state index contributed by atoms with van der Waals surface area (Å²) < 4.78 is 71.2. The molecule has 0 fully saturated rings. The number of amides is 1. The van der Waals surface area contributed by atoms with E-state index in [0.29, 0.717) is 0 Å².